The van der Waals surface area contributed by atoms with Crippen molar-refractivity contribution >= 4 is 41.4 Å². The number of H-pyrrole nitrogens is 1. The van der Waals surface area contributed by atoms with Crippen LogP contribution in [0.3, 0.4) is 0 Å². The molecule has 1 heterocycles. The van der Waals surface area contributed by atoms with Gasteiger partial charge in [0.15, 0.2) is 0 Å². The maximum Gasteiger partial charge on any atom is 0.0458 e. The molecule has 1 aromatic carbocycles. The predicted octanol–water partition coefficient (Wildman–Crippen LogP) is 2.58. The molecule has 0 aliphatic carbocycles. The summed E-state index contributed by atoms with van der Waals surface area (Å²) < 4.78 is 0. The van der Waals surface area contributed by atoms with Crippen LogP contribution in [0.15, 0.2) is 24.4 Å². The minimum Gasteiger partial charge on any atom is -0.378 e. The number of rotatable bonds is 3. The van der Waals surface area contributed by atoms with Gasteiger partial charge in [0.1, 0.15) is 0 Å². The monoisotopic (exact) mass is 275 g/mol. The van der Waals surface area contributed by atoms with Crippen LogP contribution in [0.2, 0.25) is 0 Å². The van der Waals surface area contributed by atoms with Crippen molar-refractivity contribution in [3.05, 3.63) is 30.0 Å². The summed E-state index contributed by atoms with van der Waals surface area (Å²) in [5, 5.41) is 1.28. The van der Waals surface area contributed by atoms with Gasteiger partial charge in [-0.2, -0.15) is 0 Å². The molecule has 3 N–H and O–H groups in total. The molecule has 0 aliphatic heterocycles. The molecule has 0 fully saturated rings. The van der Waals surface area contributed by atoms with Crippen molar-refractivity contribution in [1.82, 2.24) is 4.98 Å². The molecule has 5 heteroatoms. The Morgan fingerprint density at radius 1 is 1.24 bits per heavy atom. The molecule has 0 saturated heterocycles. The summed E-state index contributed by atoms with van der Waals surface area (Å²) in [6.45, 7) is 0.694. The van der Waals surface area contributed by atoms with Gasteiger partial charge in [0.2, 0.25) is 0 Å². The van der Waals surface area contributed by atoms with Crippen LogP contribution in [0.1, 0.15) is 5.56 Å². The maximum atomic E-state index is 5.58. The van der Waals surface area contributed by atoms with E-state index in [9.17, 15) is 0 Å². The van der Waals surface area contributed by atoms with Crippen molar-refractivity contribution in [2.24, 2.45) is 5.73 Å². The van der Waals surface area contributed by atoms with Gasteiger partial charge in [-0.1, -0.05) is 0 Å². The molecule has 0 amide bonds. The van der Waals surface area contributed by atoms with Gasteiger partial charge in [-0.3, -0.25) is 0 Å². The van der Waals surface area contributed by atoms with Gasteiger partial charge < -0.3 is 15.6 Å². The number of aromatic nitrogens is 1. The van der Waals surface area contributed by atoms with Crippen LogP contribution in [-0.4, -0.2) is 25.6 Å². The Hall–Kier alpha value is -0.900. The largest absolute Gasteiger partial charge is 0.378 e. The van der Waals surface area contributed by atoms with E-state index in [1.165, 1.54) is 22.2 Å². The Balaban J connectivity index is 0.00000128. The van der Waals surface area contributed by atoms with E-state index in [1.54, 1.807) is 0 Å². The summed E-state index contributed by atoms with van der Waals surface area (Å²) in [7, 11) is 4.10. The molecule has 2 aromatic rings. The van der Waals surface area contributed by atoms with E-state index in [-0.39, 0.29) is 24.8 Å². The highest BCUT2D eigenvalue weighted by Gasteiger charge is 2.04. The third kappa shape index (κ3) is 3.28. The molecule has 0 unspecified atom stereocenters. The summed E-state index contributed by atoms with van der Waals surface area (Å²) in [5.74, 6) is 0. The van der Waals surface area contributed by atoms with E-state index in [0.717, 1.165) is 6.42 Å². The molecule has 17 heavy (non-hydrogen) atoms. The first kappa shape index (κ1) is 16.1. The number of hydrogen-bond donors (Lipinski definition) is 2. The molecule has 0 atom stereocenters. The number of fused-ring (bicyclic) bond motifs is 1. The maximum absolute atomic E-state index is 5.58. The van der Waals surface area contributed by atoms with E-state index in [1.807, 2.05) is 0 Å². The molecule has 0 radical (unpaired) electrons. The zero-order valence-electron chi connectivity index (χ0n) is 10.1. The first-order valence-corrected chi connectivity index (χ1v) is 5.20. The lowest BCUT2D eigenvalue weighted by molar-refractivity contribution is 0.976. The number of hydrogen-bond acceptors (Lipinski definition) is 2. The average Bonchev–Trinajstić information content (AvgIpc) is 2.61. The van der Waals surface area contributed by atoms with Gasteiger partial charge in [0, 0.05) is 36.9 Å². The van der Waals surface area contributed by atoms with Crippen LogP contribution in [-0.2, 0) is 6.42 Å². The number of nitrogens with one attached hydrogen (secondary N) is 1. The van der Waals surface area contributed by atoms with Crippen LogP contribution in [0.5, 0.6) is 0 Å². The molecule has 0 bridgehead atoms. The highest BCUT2D eigenvalue weighted by molar-refractivity contribution is 5.86. The third-order valence-corrected chi connectivity index (χ3v) is 2.68. The lowest BCUT2D eigenvalue weighted by Crippen LogP contribution is -2.08. The summed E-state index contributed by atoms with van der Waals surface area (Å²) in [6.07, 6.45) is 2.98. The first-order chi connectivity index (χ1) is 7.22. The second-order valence-electron chi connectivity index (χ2n) is 3.98. The average molecular weight is 276 g/mol. The second-order valence-corrected chi connectivity index (χ2v) is 3.98. The Labute approximate surface area is 114 Å². The lowest BCUT2D eigenvalue weighted by Gasteiger charge is -2.12. The third-order valence-electron chi connectivity index (χ3n) is 2.68. The Morgan fingerprint density at radius 2 is 1.94 bits per heavy atom. The summed E-state index contributed by atoms with van der Waals surface area (Å²) in [4.78, 5) is 5.37. The van der Waals surface area contributed by atoms with Crippen molar-refractivity contribution < 1.29 is 0 Å². The number of anilines is 1. The van der Waals surface area contributed by atoms with Gasteiger partial charge in [0.05, 0.1) is 0 Å². The fourth-order valence-corrected chi connectivity index (χ4v) is 1.81. The summed E-state index contributed by atoms with van der Waals surface area (Å²) in [6, 6.07) is 6.44. The SMILES string of the molecule is CN(C)c1ccc2[nH]cc(CCN)c2c1.Cl.Cl. The Bertz CT molecular complexity index is 466. The molecule has 0 aliphatic rings. The van der Waals surface area contributed by atoms with E-state index >= 15 is 0 Å². The van der Waals surface area contributed by atoms with Crippen LogP contribution >= 0.6 is 24.8 Å². The normalized spacial score (nSPS) is 9.59. The molecule has 0 spiro atoms. The Morgan fingerprint density at radius 3 is 2.53 bits per heavy atom. The zero-order chi connectivity index (χ0) is 10.8. The van der Waals surface area contributed by atoms with Crippen molar-refractivity contribution in [2.45, 2.75) is 6.42 Å². The molecule has 0 saturated carbocycles. The topological polar surface area (TPSA) is 45.0 Å². The van der Waals surface area contributed by atoms with E-state index in [0.29, 0.717) is 6.54 Å². The highest BCUT2D eigenvalue weighted by atomic mass is 35.5. The summed E-state index contributed by atoms with van der Waals surface area (Å²) in [5.41, 5.74) is 9.29. The number of nitrogens with two attached hydrogens (primary N) is 1. The van der Waals surface area contributed by atoms with Crippen molar-refractivity contribution in [1.29, 1.82) is 0 Å². The van der Waals surface area contributed by atoms with E-state index < -0.39 is 0 Å². The molecule has 3 nitrogen and oxygen atoms in total. The number of nitrogens with zero attached hydrogens (tertiary/aromatic N) is 1. The lowest BCUT2D eigenvalue weighted by atomic mass is 10.1. The number of halogens is 2. The molecule has 2 rings (SSSR count). The molecule has 1 aromatic heterocycles. The predicted molar refractivity (Wildman–Crippen MR) is 79.9 cm³/mol. The van der Waals surface area contributed by atoms with Crippen molar-refractivity contribution in [3.8, 4) is 0 Å². The Kier molecular flexibility index (Phi) is 6.39. The van der Waals surface area contributed by atoms with Crippen LogP contribution < -0.4 is 10.6 Å². The van der Waals surface area contributed by atoms with Crippen molar-refractivity contribution in [3.63, 3.8) is 0 Å². The smallest absolute Gasteiger partial charge is 0.0458 e. The quantitative estimate of drug-likeness (QED) is 0.905. The van der Waals surface area contributed by atoms with E-state index in [4.69, 9.17) is 5.73 Å². The van der Waals surface area contributed by atoms with E-state index in [2.05, 4.69) is 48.4 Å². The van der Waals surface area contributed by atoms with Gasteiger partial charge in [0.25, 0.3) is 0 Å². The molecule has 96 valence electrons. The minimum atomic E-state index is 0. The number of benzene rings is 1. The zero-order valence-corrected chi connectivity index (χ0v) is 11.7. The van der Waals surface area contributed by atoms with Gasteiger partial charge in [-0.15, -0.1) is 24.8 Å². The molecular weight excluding hydrogens is 257 g/mol. The van der Waals surface area contributed by atoms with Crippen LogP contribution in [0.4, 0.5) is 5.69 Å². The van der Waals surface area contributed by atoms with Gasteiger partial charge in [-0.05, 0) is 36.7 Å². The fraction of sp³-hybridized carbons (Fsp3) is 0.333. The van der Waals surface area contributed by atoms with Gasteiger partial charge in [-0.25, -0.2) is 0 Å². The fourth-order valence-electron chi connectivity index (χ4n) is 1.81. The highest BCUT2D eigenvalue weighted by Crippen LogP contribution is 2.23. The second kappa shape index (κ2) is 6.74. The number of aromatic amines is 1. The van der Waals surface area contributed by atoms with Crippen LogP contribution in [0.25, 0.3) is 10.9 Å². The first-order valence-electron chi connectivity index (χ1n) is 5.20. The minimum absolute atomic E-state index is 0. The van der Waals surface area contributed by atoms with Crippen LogP contribution in [0, 0.1) is 0 Å². The van der Waals surface area contributed by atoms with Gasteiger partial charge >= 0.3 is 0 Å². The summed E-state index contributed by atoms with van der Waals surface area (Å²) >= 11 is 0. The van der Waals surface area contributed by atoms with Crippen molar-refractivity contribution in [2.75, 3.05) is 25.5 Å². The standard InChI is InChI=1S/C12H17N3.2ClH/c1-15(2)10-3-4-12-11(7-10)9(5-6-13)8-14-12;;/h3-4,7-8,14H,5-6,13H2,1-2H3;2*1H. The molecular formula is C12H19Cl2N3.